The molecule has 0 radical (unpaired) electrons. The second kappa shape index (κ2) is 4.40. The molecule has 16 heavy (non-hydrogen) atoms. The highest BCUT2D eigenvalue weighted by molar-refractivity contribution is 7.15. The predicted octanol–water partition coefficient (Wildman–Crippen LogP) is 2.30. The van der Waals surface area contributed by atoms with Crippen molar-refractivity contribution in [3.8, 4) is 10.6 Å². The largest absolute Gasteiger partial charge is 0.464 e. The summed E-state index contributed by atoms with van der Waals surface area (Å²) in [6, 6.07) is 3.72. The summed E-state index contributed by atoms with van der Waals surface area (Å²) in [7, 11) is 1.35. The first-order valence-electron chi connectivity index (χ1n) is 4.68. The minimum absolute atomic E-state index is 0.388. The van der Waals surface area contributed by atoms with Crippen LogP contribution < -0.4 is 0 Å². The minimum atomic E-state index is -0.394. The van der Waals surface area contributed by atoms with Gasteiger partial charge >= 0.3 is 5.97 Å². The van der Waals surface area contributed by atoms with Gasteiger partial charge in [-0.1, -0.05) is 0 Å². The number of thiazole rings is 1. The van der Waals surface area contributed by atoms with Crippen molar-refractivity contribution >= 4 is 17.3 Å². The van der Waals surface area contributed by atoms with Gasteiger partial charge in [0.1, 0.15) is 5.01 Å². The van der Waals surface area contributed by atoms with Crippen molar-refractivity contribution in [2.45, 2.75) is 6.92 Å². The molecule has 0 unspecified atom stereocenters. The highest BCUT2D eigenvalue weighted by atomic mass is 32.1. The maximum absolute atomic E-state index is 11.4. The molecule has 0 fully saturated rings. The van der Waals surface area contributed by atoms with E-state index in [0.29, 0.717) is 5.69 Å². The number of aryl methyl sites for hydroxylation is 1. The third-order valence-electron chi connectivity index (χ3n) is 2.10. The molecule has 2 heterocycles. The first kappa shape index (κ1) is 10.8. The van der Waals surface area contributed by atoms with E-state index in [4.69, 9.17) is 0 Å². The number of carbonyl (C=O) groups excluding carboxylic acids is 1. The maximum atomic E-state index is 11.4. The van der Waals surface area contributed by atoms with E-state index in [1.54, 1.807) is 12.4 Å². The zero-order valence-electron chi connectivity index (χ0n) is 8.93. The lowest BCUT2D eigenvalue weighted by molar-refractivity contribution is 0.0594. The lowest BCUT2D eigenvalue weighted by Gasteiger charge is -1.94. The van der Waals surface area contributed by atoms with Gasteiger partial charge in [-0.2, -0.15) is 0 Å². The van der Waals surface area contributed by atoms with Crippen LogP contribution in [0.1, 0.15) is 15.4 Å². The number of rotatable bonds is 2. The van der Waals surface area contributed by atoms with Gasteiger partial charge in [0.25, 0.3) is 0 Å². The number of nitrogens with zero attached hydrogens (tertiary/aromatic N) is 2. The lowest BCUT2D eigenvalue weighted by Crippen LogP contribution is -2.03. The van der Waals surface area contributed by atoms with Crippen molar-refractivity contribution in [3.05, 3.63) is 35.1 Å². The Morgan fingerprint density at radius 1 is 1.38 bits per heavy atom. The Morgan fingerprint density at radius 2 is 2.06 bits per heavy atom. The first-order valence-corrected chi connectivity index (χ1v) is 5.50. The van der Waals surface area contributed by atoms with Crippen LogP contribution in [0.25, 0.3) is 10.6 Å². The number of carbonyl (C=O) groups is 1. The second-order valence-electron chi connectivity index (χ2n) is 3.15. The summed E-state index contributed by atoms with van der Waals surface area (Å²) < 4.78 is 4.66. The topological polar surface area (TPSA) is 52.1 Å². The Bertz CT molecular complexity index is 508. The molecule has 0 aliphatic carbocycles. The van der Waals surface area contributed by atoms with E-state index < -0.39 is 5.97 Å². The van der Waals surface area contributed by atoms with Crippen LogP contribution in [0.2, 0.25) is 0 Å². The number of pyridine rings is 1. The summed E-state index contributed by atoms with van der Waals surface area (Å²) >= 11 is 1.47. The zero-order chi connectivity index (χ0) is 11.5. The fraction of sp³-hybridized carbons (Fsp3) is 0.182. The van der Waals surface area contributed by atoms with Crippen LogP contribution in [0.4, 0.5) is 0 Å². The van der Waals surface area contributed by atoms with Crippen molar-refractivity contribution in [2.24, 2.45) is 0 Å². The quantitative estimate of drug-likeness (QED) is 0.748. The van der Waals surface area contributed by atoms with Gasteiger partial charge in [0.05, 0.1) is 7.11 Å². The van der Waals surface area contributed by atoms with Crippen LogP contribution in [-0.2, 0) is 4.74 Å². The molecular formula is C11H10N2O2S. The molecule has 0 bridgehead atoms. The summed E-state index contributed by atoms with van der Waals surface area (Å²) in [6.07, 6.45) is 3.40. The van der Waals surface area contributed by atoms with Crippen LogP contribution in [0.3, 0.4) is 0 Å². The minimum Gasteiger partial charge on any atom is -0.464 e. The Kier molecular flexibility index (Phi) is 2.96. The number of methoxy groups -OCH3 is 1. The first-order chi connectivity index (χ1) is 7.72. The van der Waals surface area contributed by atoms with Crippen LogP contribution in [0.15, 0.2) is 24.5 Å². The molecule has 0 aliphatic heterocycles. The van der Waals surface area contributed by atoms with Gasteiger partial charge in [0, 0.05) is 22.8 Å². The highest BCUT2D eigenvalue weighted by Gasteiger charge is 2.16. The van der Waals surface area contributed by atoms with E-state index >= 15 is 0 Å². The van der Waals surface area contributed by atoms with E-state index in [1.165, 1.54) is 18.4 Å². The molecule has 0 saturated carbocycles. The second-order valence-corrected chi connectivity index (χ2v) is 4.35. The van der Waals surface area contributed by atoms with E-state index in [0.717, 1.165) is 15.4 Å². The number of aromatic nitrogens is 2. The highest BCUT2D eigenvalue weighted by Crippen LogP contribution is 2.27. The lowest BCUT2D eigenvalue weighted by atomic mass is 10.3. The Balaban J connectivity index is 2.42. The fourth-order valence-corrected chi connectivity index (χ4v) is 2.21. The molecule has 4 nitrogen and oxygen atoms in total. The van der Waals surface area contributed by atoms with Crippen LogP contribution in [0, 0.1) is 6.92 Å². The molecule has 0 aromatic carbocycles. The van der Waals surface area contributed by atoms with Gasteiger partial charge in [-0.25, -0.2) is 9.78 Å². The molecule has 0 saturated heterocycles. The molecular weight excluding hydrogens is 224 g/mol. The van der Waals surface area contributed by atoms with Gasteiger partial charge in [-0.3, -0.25) is 4.98 Å². The molecule has 0 N–H and O–H groups in total. The van der Waals surface area contributed by atoms with E-state index in [2.05, 4.69) is 14.7 Å². The van der Waals surface area contributed by atoms with Crippen molar-refractivity contribution in [2.75, 3.05) is 7.11 Å². The summed E-state index contributed by atoms with van der Waals surface area (Å²) in [4.78, 5) is 20.5. The molecule has 2 aromatic heterocycles. The Hall–Kier alpha value is -1.75. The maximum Gasteiger partial charge on any atom is 0.357 e. The number of hydrogen-bond acceptors (Lipinski definition) is 5. The Labute approximate surface area is 96.9 Å². The molecule has 2 aromatic rings. The van der Waals surface area contributed by atoms with Crippen LogP contribution in [-0.4, -0.2) is 23.0 Å². The summed E-state index contributed by atoms with van der Waals surface area (Å²) in [6.45, 7) is 1.86. The van der Waals surface area contributed by atoms with Gasteiger partial charge in [-0.15, -0.1) is 11.3 Å². The molecule has 0 aliphatic rings. The predicted molar refractivity (Wildman–Crippen MR) is 61.4 cm³/mol. The van der Waals surface area contributed by atoms with Crippen molar-refractivity contribution < 1.29 is 9.53 Å². The number of ether oxygens (including phenoxy) is 1. The van der Waals surface area contributed by atoms with Gasteiger partial charge in [0.15, 0.2) is 5.69 Å². The summed E-state index contributed by atoms with van der Waals surface area (Å²) in [5.74, 6) is -0.394. The molecule has 82 valence electrons. The average molecular weight is 234 g/mol. The third kappa shape index (κ3) is 1.94. The molecule has 0 atom stereocenters. The molecule has 5 heteroatoms. The van der Waals surface area contributed by atoms with Gasteiger partial charge < -0.3 is 4.74 Å². The van der Waals surface area contributed by atoms with Crippen molar-refractivity contribution in [1.82, 2.24) is 9.97 Å². The van der Waals surface area contributed by atoms with Gasteiger partial charge in [0.2, 0.25) is 0 Å². The molecule has 0 spiro atoms. The summed E-state index contributed by atoms with van der Waals surface area (Å²) in [5.41, 5.74) is 1.34. The van der Waals surface area contributed by atoms with Gasteiger partial charge in [-0.05, 0) is 19.1 Å². The monoisotopic (exact) mass is 234 g/mol. The van der Waals surface area contributed by atoms with Crippen LogP contribution in [0.5, 0.6) is 0 Å². The fourth-order valence-electron chi connectivity index (χ4n) is 1.30. The van der Waals surface area contributed by atoms with E-state index in [-0.39, 0.29) is 0 Å². The standard InChI is InChI=1S/C11H10N2O2S/c1-7-9(11(14)15-2)13-10(16-7)8-3-5-12-6-4-8/h3-6H,1-2H3. The third-order valence-corrected chi connectivity index (χ3v) is 3.12. The van der Waals surface area contributed by atoms with E-state index in [9.17, 15) is 4.79 Å². The summed E-state index contributed by atoms with van der Waals surface area (Å²) in [5, 5.41) is 0.806. The Morgan fingerprint density at radius 3 is 2.69 bits per heavy atom. The average Bonchev–Trinajstić information content (AvgIpc) is 2.71. The zero-order valence-corrected chi connectivity index (χ0v) is 9.75. The van der Waals surface area contributed by atoms with E-state index in [1.807, 2.05) is 19.1 Å². The normalized spacial score (nSPS) is 10.1. The number of hydrogen-bond donors (Lipinski definition) is 0. The number of esters is 1. The smallest absolute Gasteiger partial charge is 0.357 e. The van der Waals surface area contributed by atoms with Crippen LogP contribution >= 0.6 is 11.3 Å². The van der Waals surface area contributed by atoms with Crippen molar-refractivity contribution in [1.29, 1.82) is 0 Å². The SMILES string of the molecule is COC(=O)c1nc(-c2ccncc2)sc1C. The molecule has 2 rings (SSSR count). The molecule has 0 amide bonds. The van der Waals surface area contributed by atoms with Crippen molar-refractivity contribution in [3.63, 3.8) is 0 Å².